The molecule has 29 heavy (non-hydrogen) atoms. The number of hydrogen-bond acceptors (Lipinski definition) is 4. The highest BCUT2D eigenvalue weighted by molar-refractivity contribution is 7.89. The molecule has 0 aliphatic rings. The summed E-state index contributed by atoms with van der Waals surface area (Å²) in [6, 6.07) is 13.5. The molecule has 0 aliphatic heterocycles. The number of aliphatic hydroxyl groups excluding tert-OH is 1. The average molecular weight is 418 g/mol. The van der Waals surface area contributed by atoms with Crippen molar-refractivity contribution in [2.45, 2.75) is 44.6 Å². The van der Waals surface area contributed by atoms with Crippen LogP contribution < -0.4 is 4.72 Å². The minimum absolute atomic E-state index is 0.0236. The summed E-state index contributed by atoms with van der Waals surface area (Å²) in [6.45, 7) is 6.89. The van der Waals surface area contributed by atoms with E-state index in [0.717, 1.165) is 5.56 Å². The summed E-state index contributed by atoms with van der Waals surface area (Å²) in [5, 5.41) is 19.0. The second kappa shape index (κ2) is 8.90. The van der Waals surface area contributed by atoms with Gasteiger partial charge in [0.15, 0.2) is 0 Å². The molecule has 0 fully saturated rings. The molecule has 0 aromatic heterocycles. The molecule has 0 unspecified atom stereocenters. The van der Waals surface area contributed by atoms with Gasteiger partial charge in [0.25, 0.3) is 0 Å². The highest BCUT2D eigenvalue weighted by atomic mass is 32.2. The van der Waals surface area contributed by atoms with Gasteiger partial charge in [0, 0.05) is 24.1 Å². The lowest BCUT2D eigenvalue weighted by molar-refractivity contribution is -0.132. The summed E-state index contributed by atoms with van der Waals surface area (Å²) in [5.74, 6) is -1.12. The van der Waals surface area contributed by atoms with E-state index in [4.69, 9.17) is 0 Å². The summed E-state index contributed by atoms with van der Waals surface area (Å²) >= 11 is 0. The Balaban J connectivity index is 2.59. The van der Waals surface area contributed by atoms with Crippen LogP contribution in [-0.4, -0.2) is 36.7 Å². The minimum Gasteiger partial charge on any atom is -0.478 e. The predicted octanol–water partition coefficient (Wildman–Crippen LogP) is 3.34. The van der Waals surface area contributed by atoms with E-state index in [0.29, 0.717) is 16.7 Å². The van der Waals surface area contributed by atoms with Gasteiger partial charge in [0.05, 0.1) is 4.90 Å². The Bertz CT molecular complexity index is 999. The Labute approximate surface area is 172 Å². The highest BCUT2D eigenvalue weighted by Crippen LogP contribution is 2.30. The summed E-state index contributed by atoms with van der Waals surface area (Å²) in [4.78, 5) is 11.9. The molecule has 0 heterocycles. The van der Waals surface area contributed by atoms with E-state index in [9.17, 15) is 23.4 Å². The normalized spacial score (nSPS) is 13.1. The lowest BCUT2D eigenvalue weighted by Gasteiger charge is -2.20. The number of carbonyl (C=O) groups is 1. The highest BCUT2D eigenvalue weighted by Gasteiger charge is 2.23. The van der Waals surface area contributed by atoms with Crippen LogP contribution in [0.25, 0.3) is 5.57 Å². The van der Waals surface area contributed by atoms with Crippen LogP contribution in [0.2, 0.25) is 0 Å². The van der Waals surface area contributed by atoms with E-state index in [1.165, 1.54) is 12.1 Å². The number of carboxylic acids is 1. The van der Waals surface area contributed by atoms with Crippen LogP contribution in [0.4, 0.5) is 0 Å². The molecule has 6 nitrogen and oxygen atoms in total. The summed E-state index contributed by atoms with van der Waals surface area (Å²) in [5.41, 5.74) is 2.18. The molecule has 7 heteroatoms. The smallest absolute Gasteiger partial charge is 0.332 e. The zero-order valence-corrected chi connectivity index (χ0v) is 17.9. The van der Waals surface area contributed by atoms with Crippen molar-refractivity contribution in [3.63, 3.8) is 0 Å². The van der Waals surface area contributed by atoms with Gasteiger partial charge in [-0.2, -0.15) is 0 Å². The van der Waals surface area contributed by atoms with Crippen molar-refractivity contribution in [3.8, 4) is 0 Å². The number of aryl methyl sites for hydroxylation is 1. The Morgan fingerprint density at radius 1 is 0.966 bits per heavy atom. The second-order valence-electron chi connectivity index (χ2n) is 7.88. The molecule has 0 saturated heterocycles. The van der Waals surface area contributed by atoms with Gasteiger partial charge >= 0.3 is 5.97 Å². The molecule has 156 valence electrons. The van der Waals surface area contributed by atoms with E-state index in [1.807, 2.05) is 31.2 Å². The molecule has 0 radical (unpaired) electrons. The third kappa shape index (κ3) is 6.00. The maximum atomic E-state index is 12.5. The van der Waals surface area contributed by atoms with Gasteiger partial charge < -0.3 is 10.2 Å². The third-order valence-corrected chi connectivity index (χ3v) is 5.93. The Morgan fingerprint density at radius 3 is 1.86 bits per heavy atom. The fourth-order valence-electron chi connectivity index (χ4n) is 2.95. The average Bonchev–Trinajstić information content (AvgIpc) is 2.61. The molecule has 0 amide bonds. The fraction of sp³-hybridized carbons (Fsp3) is 0.318. The molecule has 0 spiro atoms. The van der Waals surface area contributed by atoms with Crippen molar-refractivity contribution >= 4 is 21.6 Å². The van der Waals surface area contributed by atoms with Crippen LogP contribution in [-0.2, 0) is 14.8 Å². The first kappa shape index (κ1) is 22.8. The number of nitrogens with one attached hydrogen (secondary N) is 1. The maximum Gasteiger partial charge on any atom is 0.332 e. The maximum absolute atomic E-state index is 12.5. The number of aliphatic hydroxyl groups is 1. The third-order valence-electron chi connectivity index (χ3n) is 4.16. The monoisotopic (exact) mass is 417 g/mol. The quantitative estimate of drug-likeness (QED) is 0.600. The molecular weight excluding hydrogens is 390 g/mol. The standard InChI is InChI=1S/C22H27NO5S/c1-15-5-7-16(8-6-15)20(19(13-14-24)21(25)26)17-9-11-18(12-10-17)29(27,28)23-22(2,3)4/h5-12,23-24H,13-14H2,1-4H3,(H,25,26). The predicted molar refractivity (Wildman–Crippen MR) is 113 cm³/mol. The topological polar surface area (TPSA) is 104 Å². The summed E-state index contributed by atoms with van der Waals surface area (Å²) < 4.78 is 27.7. The zero-order valence-electron chi connectivity index (χ0n) is 17.1. The van der Waals surface area contributed by atoms with E-state index < -0.39 is 21.5 Å². The lowest BCUT2D eigenvalue weighted by atomic mass is 9.91. The van der Waals surface area contributed by atoms with E-state index in [1.54, 1.807) is 32.9 Å². The molecule has 0 bridgehead atoms. The van der Waals surface area contributed by atoms with Gasteiger partial charge in [0.2, 0.25) is 10.0 Å². The molecule has 2 rings (SSSR count). The summed E-state index contributed by atoms with van der Waals surface area (Å²) in [6.07, 6.45) is -0.0236. The number of hydrogen-bond donors (Lipinski definition) is 3. The van der Waals surface area contributed by atoms with E-state index in [2.05, 4.69) is 4.72 Å². The molecular formula is C22H27NO5S. The van der Waals surface area contributed by atoms with Gasteiger partial charge in [0.1, 0.15) is 0 Å². The lowest BCUT2D eigenvalue weighted by Crippen LogP contribution is -2.40. The van der Waals surface area contributed by atoms with Crippen LogP contribution >= 0.6 is 0 Å². The first-order chi connectivity index (χ1) is 13.4. The van der Waals surface area contributed by atoms with E-state index in [-0.39, 0.29) is 23.5 Å². The van der Waals surface area contributed by atoms with Crippen molar-refractivity contribution < 1.29 is 23.4 Å². The van der Waals surface area contributed by atoms with Crippen molar-refractivity contribution in [2.75, 3.05) is 6.61 Å². The van der Waals surface area contributed by atoms with Crippen molar-refractivity contribution in [1.29, 1.82) is 0 Å². The second-order valence-corrected chi connectivity index (χ2v) is 9.56. The summed E-state index contributed by atoms with van der Waals surface area (Å²) in [7, 11) is -3.70. The van der Waals surface area contributed by atoms with Crippen LogP contribution in [0.15, 0.2) is 59.0 Å². The largest absolute Gasteiger partial charge is 0.478 e. The van der Waals surface area contributed by atoms with Crippen LogP contribution in [0.1, 0.15) is 43.9 Å². The molecule has 0 aliphatic carbocycles. The van der Waals surface area contributed by atoms with E-state index >= 15 is 0 Å². The molecule has 2 aromatic carbocycles. The number of carboxylic acid groups (broad SMARTS) is 1. The van der Waals surface area contributed by atoms with Gasteiger partial charge in [-0.3, -0.25) is 0 Å². The fourth-order valence-corrected chi connectivity index (χ4v) is 4.37. The first-order valence-electron chi connectivity index (χ1n) is 9.23. The molecule has 3 N–H and O–H groups in total. The number of benzene rings is 2. The molecule has 0 atom stereocenters. The van der Waals surface area contributed by atoms with Crippen LogP contribution in [0, 0.1) is 6.92 Å². The van der Waals surface area contributed by atoms with Crippen LogP contribution in [0.3, 0.4) is 0 Å². The minimum atomic E-state index is -3.70. The van der Waals surface area contributed by atoms with Gasteiger partial charge in [-0.25, -0.2) is 17.9 Å². The van der Waals surface area contributed by atoms with Crippen molar-refractivity contribution in [1.82, 2.24) is 4.72 Å². The van der Waals surface area contributed by atoms with Crippen molar-refractivity contribution in [2.24, 2.45) is 0 Å². The Hall–Kier alpha value is -2.48. The number of sulfonamides is 1. The first-order valence-corrected chi connectivity index (χ1v) is 10.7. The molecule has 2 aromatic rings. The number of rotatable bonds is 7. The van der Waals surface area contributed by atoms with Crippen molar-refractivity contribution in [3.05, 3.63) is 70.8 Å². The van der Waals surface area contributed by atoms with Gasteiger partial charge in [-0.05, 0) is 56.5 Å². The van der Waals surface area contributed by atoms with Gasteiger partial charge in [-0.1, -0.05) is 42.0 Å². The SMILES string of the molecule is Cc1ccc(C(=C(CCO)C(=O)O)c2ccc(S(=O)(=O)NC(C)(C)C)cc2)cc1. The Kier molecular flexibility index (Phi) is 7.00. The van der Waals surface area contributed by atoms with Gasteiger partial charge in [-0.15, -0.1) is 0 Å². The molecule has 0 saturated carbocycles. The zero-order chi connectivity index (χ0) is 21.8. The van der Waals surface area contributed by atoms with Crippen LogP contribution in [0.5, 0.6) is 0 Å². The Morgan fingerprint density at radius 2 is 1.45 bits per heavy atom. The number of aliphatic carboxylic acids is 1.